The van der Waals surface area contributed by atoms with Gasteiger partial charge in [-0.05, 0) is 69.9 Å². The van der Waals surface area contributed by atoms with Crippen molar-refractivity contribution in [3.05, 3.63) is 70.5 Å². The highest BCUT2D eigenvalue weighted by molar-refractivity contribution is 6.00. The Bertz CT molecular complexity index is 1610. The van der Waals surface area contributed by atoms with Crippen molar-refractivity contribution in [2.45, 2.75) is 70.6 Å². The Labute approximate surface area is 233 Å². The molecule has 2 fully saturated rings. The summed E-state index contributed by atoms with van der Waals surface area (Å²) in [5.74, 6) is 1.63. The van der Waals surface area contributed by atoms with E-state index in [9.17, 15) is 9.59 Å². The number of benzene rings is 2. The van der Waals surface area contributed by atoms with E-state index in [1.807, 2.05) is 75.4 Å². The summed E-state index contributed by atoms with van der Waals surface area (Å²) in [6.45, 7) is 6.23. The van der Waals surface area contributed by atoms with Crippen LogP contribution in [-0.4, -0.2) is 28.3 Å². The van der Waals surface area contributed by atoms with E-state index in [0.29, 0.717) is 35.3 Å². The molecule has 0 atom stereocenters. The normalized spacial score (nSPS) is 16.4. The predicted molar refractivity (Wildman–Crippen MR) is 156 cm³/mol. The fourth-order valence-corrected chi connectivity index (χ4v) is 5.54. The number of carbonyl (C=O) groups excluding carboxylic acids is 1. The summed E-state index contributed by atoms with van der Waals surface area (Å²) in [6.07, 6.45) is 4.59. The molecule has 0 spiro atoms. The van der Waals surface area contributed by atoms with E-state index >= 15 is 0 Å². The van der Waals surface area contributed by atoms with Gasteiger partial charge in [-0.15, -0.1) is 0 Å². The summed E-state index contributed by atoms with van der Waals surface area (Å²) in [5, 5.41) is 6.70. The third kappa shape index (κ3) is 4.87. The number of carbonyl (C=O) groups is 1. The topological polar surface area (TPSA) is 98.4 Å². The van der Waals surface area contributed by atoms with Crippen molar-refractivity contribution >= 4 is 23.1 Å². The Hall–Kier alpha value is -4.07. The van der Waals surface area contributed by atoms with Gasteiger partial charge in [0.2, 0.25) is 11.7 Å². The van der Waals surface area contributed by atoms with Crippen LogP contribution in [0.4, 0.5) is 10.7 Å². The van der Waals surface area contributed by atoms with Crippen LogP contribution < -0.4 is 16.2 Å². The van der Waals surface area contributed by atoms with Gasteiger partial charge in [0.05, 0.1) is 5.54 Å². The molecule has 208 valence electrons. The molecule has 2 saturated carbocycles. The summed E-state index contributed by atoms with van der Waals surface area (Å²) in [7, 11) is 1.78. The van der Waals surface area contributed by atoms with E-state index in [0.717, 1.165) is 54.4 Å². The van der Waals surface area contributed by atoms with Gasteiger partial charge in [0.15, 0.2) is 0 Å². The second-order valence-corrected chi connectivity index (χ2v) is 12.0. The zero-order chi connectivity index (χ0) is 28.1. The molecule has 4 aromatic rings. The van der Waals surface area contributed by atoms with E-state index < -0.39 is 17.2 Å². The maximum absolute atomic E-state index is 13.9. The van der Waals surface area contributed by atoms with Gasteiger partial charge in [0, 0.05) is 24.7 Å². The fraction of sp³-hybridized carbons (Fsp3) is 0.406. The summed E-state index contributed by atoms with van der Waals surface area (Å²) < 4.78 is 13.7. The van der Waals surface area contributed by atoms with E-state index in [1.54, 1.807) is 11.6 Å². The van der Waals surface area contributed by atoms with Crippen LogP contribution in [0.5, 0.6) is 0 Å². The molecule has 8 heteroatoms. The zero-order valence-electron chi connectivity index (χ0n) is 23.5. The Morgan fingerprint density at radius 3 is 2.35 bits per heavy atom. The van der Waals surface area contributed by atoms with Crippen LogP contribution in [0.3, 0.4) is 0 Å². The van der Waals surface area contributed by atoms with E-state index in [1.165, 1.54) is 0 Å². The average molecular weight is 541 g/mol. The van der Waals surface area contributed by atoms with Gasteiger partial charge in [-0.25, -0.2) is 4.79 Å². The lowest BCUT2D eigenvalue weighted by molar-refractivity contribution is 0.0377. The first-order chi connectivity index (χ1) is 19.2. The van der Waals surface area contributed by atoms with Gasteiger partial charge in [-0.2, -0.15) is 4.98 Å². The van der Waals surface area contributed by atoms with Crippen LogP contribution in [0, 0.1) is 5.92 Å². The van der Waals surface area contributed by atoms with Gasteiger partial charge < -0.3 is 19.8 Å². The summed E-state index contributed by atoms with van der Waals surface area (Å²) in [6, 6.07) is 17.9. The summed E-state index contributed by atoms with van der Waals surface area (Å²) in [4.78, 5) is 31.3. The minimum absolute atomic E-state index is 0.0956. The largest absolute Gasteiger partial charge is 0.444 e. The Kier molecular flexibility index (Phi) is 6.44. The first kappa shape index (κ1) is 26.2. The highest BCUT2D eigenvalue weighted by atomic mass is 16.6. The van der Waals surface area contributed by atoms with E-state index in [4.69, 9.17) is 14.1 Å². The minimum Gasteiger partial charge on any atom is -0.444 e. The highest BCUT2D eigenvalue weighted by Crippen LogP contribution is 2.44. The second kappa shape index (κ2) is 9.84. The smallest absolute Gasteiger partial charge is 0.408 e. The van der Waals surface area contributed by atoms with Crippen molar-refractivity contribution in [1.82, 2.24) is 14.9 Å². The lowest BCUT2D eigenvalue weighted by atomic mass is 9.71. The number of amides is 1. The Morgan fingerprint density at radius 1 is 1.07 bits per heavy atom. The van der Waals surface area contributed by atoms with Crippen LogP contribution in [-0.2, 0) is 16.8 Å². The number of fused-ring (bicyclic) bond motifs is 1. The second-order valence-electron chi connectivity index (χ2n) is 12.0. The van der Waals surface area contributed by atoms with Gasteiger partial charge in [-0.3, -0.25) is 9.36 Å². The molecule has 8 nitrogen and oxygen atoms in total. The quantitative estimate of drug-likeness (QED) is 0.271. The van der Waals surface area contributed by atoms with Crippen molar-refractivity contribution in [3.8, 4) is 22.5 Å². The van der Waals surface area contributed by atoms with Crippen LogP contribution >= 0.6 is 0 Å². The van der Waals surface area contributed by atoms with Crippen molar-refractivity contribution in [2.24, 2.45) is 5.92 Å². The van der Waals surface area contributed by atoms with Crippen LogP contribution in [0.15, 0.2) is 63.8 Å². The highest BCUT2D eigenvalue weighted by Gasteiger charge is 2.41. The number of hydrogen-bond acceptors (Lipinski definition) is 6. The minimum atomic E-state index is -0.563. The van der Waals surface area contributed by atoms with Crippen molar-refractivity contribution in [2.75, 3.05) is 12.4 Å². The average Bonchev–Trinajstić information content (AvgIpc) is 3.64. The molecule has 0 radical (unpaired) electrons. The molecular weight excluding hydrogens is 504 g/mol. The number of nitrogens with zero attached hydrogens (tertiary/aromatic N) is 2. The maximum Gasteiger partial charge on any atom is 0.408 e. The van der Waals surface area contributed by atoms with Crippen LogP contribution in [0.2, 0.25) is 0 Å². The molecule has 1 amide bonds. The maximum atomic E-state index is 13.9. The molecule has 0 unspecified atom stereocenters. The molecule has 2 aliphatic rings. The summed E-state index contributed by atoms with van der Waals surface area (Å²) in [5.41, 5.74) is 2.72. The number of furan rings is 1. The monoisotopic (exact) mass is 540 g/mol. The van der Waals surface area contributed by atoms with Crippen molar-refractivity contribution in [3.63, 3.8) is 0 Å². The molecule has 0 saturated heterocycles. The first-order valence-electron chi connectivity index (χ1n) is 14.1. The standard InChI is InChI=1S/C32H36N4O4/c1-31(2,3)40-30(38)35-32(17-8-18-32)23-15-13-22(14-16-23)26-24(21-9-6-5-7-10-21)25-27(39-26)34-29(33-4)36(28(25)37)19-20-11-12-20/h5-7,9-10,13-16,20H,8,11-12,17-19H2,1-4H3,(H,33,34)(H,35,38). The molecule has 0 aliphatic heterocycles. The molecule has 2 heterocycles. The number of ether oxygens (including phenoxy) is 1. The molecule has 2 N–H and O–H groups in total. The zero-order valence-corrected chi connectivity index (χ0v) is 23.5. The Morgan fingerprint density at radius 2 is 1.77 bits per heavy atom. The fourth-order valence-electron chi connectivity index (χ4n) is 5.54. The molecule has 40 heavy (non-hydrogen) atoms. The van der Waals surface area contributed by atoms with Crippen molar-refractivity contribution in [1.29, 1.82) is 0 Å². The SMILES string of the molecule is CNc1nc2oc(-c3ccc(C4(NC(=O)OC(C)(C)C)CCC4)cc3)c(-c3ccccc3)c2c(=O)n1CC1CC1. The van der Waals surface area contributed by atoms with E-state index in [-0.39, 0.29) is 5.56 Å². The lowest BCUT2D eigenvalue weighted by Gasteiger charge is -2.43. The first-order valence-corrected chi connectivity index (χ1v) is 14.1. The van der Waals surface area contributed by atoms with Gasteiger partial charge >= 0.3 is 6.09 Å². The third-order valence-electron chi connectivity index (χ3n) is 7.88. The molecule has 2 aromatic carbocycles. The number of hydrogen-bond donors (Lipinski definition) is 2. The van der Waals surface area contributed by atoms with Gasteiger partial charge in [-0.1, -0.05) is 54.6 Å². The van der Waals surface area contributed by atoms with Gasteiger partial charge in [0.1, 0.15) is 16.7 Å². The molecule has 2 aromatic heterocycles. The van der Waals surface area contributed by atoms with Gasteiger partial charge in [0.25, 0.3) is 5.56 Å². The third-order valence-corrected chi connectivity index (χ3v) is 7.88. The number of nitrogens with one attached hydrogen (secondary N) is 2. The number of anilines is 1. The predicted octanol–water partition coefficient (Wildman–Crippen LogP) is 6.68. The van der Waals surface area contributed by atoms with Crippen LogP contribution in [0.25, 0.3) is 33.6 Å². The van der Waals surface area contributed by atoms with Crippen LogP contribution in [0.1, 0.15) is 58.4 Å². The number of rotatable bonds is 7. The molecule has 0 bridgehead atoms. The molecule has 2 aliphatic carbocycles. The van der Waals surface area contributed by atoms with E-state index in [2.05, 4.69) is 10.6 Å². The number of aromatic nitrogens is 2. The van der Waals surface area contributed by atoms with Crippen molar-refractivity contribution < 1.29 is 13.9 Å². The lowest BCUT2D eigenvalue weighted by Crippen LogP contribution is -2.52. The Balaban J connectivity index is 1.43. The summed E-state index contributed by atoms with van der Waals surface area (Å²) >= 11 is 0. The molecular formula is C32H36N4O4. The molecule has 6 rings (SSSR count). The number of alkyl carbamates (subject to hydrolysis) is 1.